The van der Waals surface area contributed by atoms with Gasteiger partial charge in [-0.1, -0.05) is 12.1 Å². The first-order valence-electron chi connectivity index (χ1n) is 5.90. The third-order valence-electron chi connectivity index (χ3n) is 3.12. The third-order valence-corrected chi connectivity index (χ3v) is 3.12. The van der Waals surface area contributed by atoms with Crippen LogP contribution in [0.15, 0.2) is 18.2 Å². The largest absolute Gasteiger partial charge is 0.394 e. The number of morpholine rings is 1. The molecule has 18 heavy (non-hydrogen) atoms. The zero-order valence-electron chi connectivity index (χ0n) is 10.2. The lowest BCUT2D eigenvalue weighted by Gasteiger charge is -2.34. The normalized spacial score (nSPS) is 19.9. The molecular formula is C13H16FNO3. The van der Waals surface area contributed by atoms with Gasteiger partial charge < -0.3 is 14.7 Å². The van der Waals surface area contributed by atoms with Gasteiger partial charge in [-0.15, -0.1) is 0 Å². The molecule has 0 saturated carbocycles. The van der Waals surface area contributed by atoms with E-state index in [1.54, 1.807) is 19.1 Å². The summed E-state index contributed by atoms with van der Waals surface area (Å²) in [5.41, 5.74) is 0.491. The van der Waals surface area contributed by atoms with E-state index in [-0.39, 0.29) is 18.8 Å². The summed E-state index contributed by atoms with van der Waals surface area (Å²) in [5.74, 6) is -0.885. The van der Waals surface area contributed by atoms with E-state index < -0.39 is 17.8 Å². The molecule has 4 nitrogen and oxygen atoms in total. The number of benzene rings is 1. The van der Waals surface area contributed by atoms with E-state index in [0.29, 0.717) is 18.7 Å². The molecule has 1 aliphatic rings. The van der Waals surface area contributed by atoms with Crippen LogP contribution in [0.2, 0.25) is 0 Å². The summed E-state index contributed by atoms with van der Waals surface area (Å²) in [6.07, 6.45) is 0. The Morgan fingerprint density at radius 1 is 1.61 bits per heavy atom. The van der Waals surface area contributed by atoms with Crippen LogP contribution in [0.1, 0.15) is 15.9 Å². The van der Waals surface area contributed by atoms with Crippen molar-refractivity contribution in [3.05, 3.63) is 35.1 Å². The van der Waals surface area contributed by atoms with Gasteiger partial charge in [-0.05, 0) is 18.6 Å². The molecule has 0 aromatic heterocycles. The fraction of sp³-hybridized carbons (Fsp3) is 0.462. The predicted octanol–water partition coefficient (Wildman–Crippen LogP) is 0.967. The average Bonchev–Trinajstić information content (AvgIpc) is 2.41. The standard InChI is InChI=1S/C13H16FNO3/c1-9-3-2-4-11(12(9)14)13(17)15-5-6-18-8-10(15)7-16/h2-4,10,16H,5-8H2,1H3. The molecule has 1 aliphatic heterocycles. The Kier molecular flexibility index (Phi) is 3.93. The highest BCUT2D eigenvalue weighted by molar-refractivity contribution is 5.95. The average molecular weight is 253 g/mol. The lowest BCUT2D eigenvalue weighted by Crippen LogP contribution is -2.50. The van der Waals surface area contributed by atoms with Crippen molar-refractivity contribution < 1.29 is 19.0 Å². The van der Waals surface area contributed by atoms with Crippen LogP contribution >= 0.6 is 0 Å². The molecule has 1 saturated heterocycles. The molecule has 1 aromatic carbocycles. The fourth-order valence-electron chi connectivity index (χ4n) is 2.04. The molecule has 1 heterocycles. The van der Waals surface area contributed by atoms with E-state index in [4.69, 9.17) is 4.74 Å². The minimum absolute atomic E-state index is 0.0513. The molecule has 98 valence electrons. The molecule has 0 aliphatic carbocycles. The fourth-order valence-corrected chi connectivity index (χ4v) is 2.04. The SMILES string of the molecule is Cc1cccc(C(=O)N2CCOCC2CO)c1F. The molecule has 5 heteroatoms. The number of amides is 1. The van der Waals surface area contributed by atoms with Crippen LogP contribution in [0, 0.1) is 12.7 Å². The monoisotopic (exact) mass is 253 g/mol. The number of rotatable bonds is 2. The Labute approximate surface area is 105 Å². The van der Waals surface area contributed by atoms with Crippen LogP contribution in [0.5, 0.6) is 0 Å². The highest BCUT2D eigenvalue weighted by Crippen LogP contribution is 2.17. The smallest absolute Gasteiger partial charge is 0.257 e. The van der Waals surface area contributed by atoms with E-state index in [1.165, 1.54) is 11.0 Å². The van der Waals surface area contributed by atoms with Crippen molar-refractivity contribution in [3.8, 4) is 0 Å². The Morgan fingerprint density at radius 3 is 3.11 bits per heavy atom. The van der Waals surface area contributed by atoms with Crippen molar-refractivity contribution in [1.29, 1.82) is 0 Å². The van der Waals surface area contributed by atoms with Crippen LogP contribution in [-0.4, -0.2) is 48.3 Å². The number of aliphatic hydroxyl groups excluding tert-OH is 1. The summed E-state index contributed by atoms with van der Waals surface area (Å²) in [6, 6.07) is 4.34. The van der Waals surface area contributed by atoms with Crippen LogP contribution < -0.4 is 0 Å². The summed E-state index contributed by atoms with van der Waals surface area (Å²) < 4.78 is 19.1. The van der Waals surface area contributed by atoms with Gasteiger partial charge in [0.25, 0.3) is 5.91 Å². The maximum atomic E-state index is 13.9. The van der Waals surface area contributed by atoms with Crippen molar-refractivity contribution in [2.24, 2.45) is 0 Å². The minimum Gasteiger partial charge on any atom is -0.394 e. The Balaban J connectivity index is 2.27. The van der Waals surface area contributed by atoms with E-state index in [0.717, 1.165) is 0 Å². The van der Waals surface area contributed by atoms with Crippen molar-refractivity contribution in [1.82, 2.24) is 4.90 Å². The molecular weight excluding hydrogens is 237 g/mol. The van der Waals surface area contributed by atoms with Gasteiger partial charge in [-0.3, -0.25) is 4.79 Å². The van der Waals surface area contributed by atoms with Crippen molar-refractivity contribution in [2.75, 3.05) is 26.4 Å². The van der Waals surface area contributed by atoms with Crippen LogP contribution in [0.4, 0.5) is 4.39 Å². The van der Waals surface area contributed by atoms with Gasteiger partial charge in [0.1, 0.15) is 5.82 Å². The maximum Gasteiger partial charge on any atom is 0.257 e. The van der Waals surface area contributed by atoms with E-state index >= 15 is 0 Å². The van der Waals surface area contributed by atoms with Gasteiger partial charge in [0.2, 0.25) is 0 Å². The van der Waals surface area contributed by atoms with Gasteiger partial charge >= 0.3 is 0 Å². The first-order chi connectivity index (χ1) is 8.65. The minimum atomic E-state index is -0.495. The lowest BCUT2D eigenvalue weighted by molar-refractivity contribution is -0.0186. The maximum absolute atomic E-state index is 13.9. The van der Waals surface area contributed by atoms with Gasteiger partial charge in [0.05, 0.1) is 31.4 Å². The van der Waals surface area contributed by atoms with Crippen LogP contribution in [-0.2, 0) is 4.74 Å². The highest BCUT2D eigenvalue weighted by atomic mass is 19.1. The number of hydrogen-bond donors (Lipinski definition) is 1. The molecule has 0 spiro atoms. The highest BCUT2D eigenvalue weighted by Gasteiger charge is 2.29. The summed E-state index contributed by atoms with van der Waals surface area (Å²) >= 11 is 0. The quantitative estimate of drug-likeness (QED) is 0.854. The van der Waals surface area contributed by atoms with Crippen molar-refractivity contribution in [2.45, 2.75) is 13.0 Å². The molecule has 1 fully saturated rings. The van der Waals surface area contributed by atoms with E-state index in [1.807, 2.05) is 0 Å². The number of nitrogens with zero attached hydrogens (tertiary/aromatic N) is 1. The number of carbonyl (C=O) groups is 1. The first-order valence-corrected chi connectivity index (χ1v) is 5.90. The summed E-state index contributed by atoms with van der Waals surface area (Å²) in [7, 11) is 0. The first kappa shape index (κ1) is 13.0. The number of halogens is 1. The van der Waals surface area contributed by atoms with Gasteiger partial charge in [-0.25, -0.2) is 4.39 Å². The topological polar surface area (TPSA) is 49.8 Å². The van der Waals surface area contributed by atoms with Gasteiger partial charge in [0, 0.05) is 6.54 Å². The van der Waals surface area contributed by atoms with Crippen molar-refractivity contribution >= 4 is 5.91 Å². The van der Waals surface area contributed by atoms with E-state index in [9.17, 15) is 14.3 Å². The third kappa shape index (κ3) is 2.37. The Bertz CT molecular complexity index is 450. The van der Waals surface area contributed by atoms with Crippen LogP contribution in [0.25, 0.3) is 0 Å². The second-order valence-corrected chi connectivity index (χ2v) is 4.35. The number of ether oxygens (including phenoxy) is 1. The lowest BCUT2D eigenvalue weighted by atomic mass is 10.1. The molecule has 2 rings (SSSR count). The van der Waals surface area contributed by atoms with Crippen molar-refractivity contribution in [3.63, 3.8) is 0 Å². The summed E-state index contributed by atoms with van der Waals surface area (Å²) in [4.78, 5) is 13.7. The second kappa shape index (κ2) is 5.46. The summed E-state index contributed by atoms with van der Waals surface area (Å²) in [5, 5.41) is 9.21. The molecule has 0 radical (unpaired) electrons. The van der Waals surface area contributed by atoms with Gasteiger partial charge in [-0.2, -0.15) is 0 Å². The molecule has 1 unspecified atom stereocenters. The number of aliphatic hydroxyl groups is 1. The Morgan fingerprint density at radius 2 is 2.39 bits per heavy atom. The van der Waals surface area contributed by atoms with E-state index in [2.05, 4.69) is 0 Å². The molecule has 0 bridgehead atoms. The Hall–Kier alpha value is -1.46. The zero-order valence-corrected chi connectivity index (χ0v) is 10.2. The zero-order chi connectivity index (χ0) is 13.1. The van der Waals surface area contributed by atoms with Crippen LogP contribution in [0.3, 0.4) is 0 Å². The number of aryl methyl sites for hydroxylation is 1. The summed E-state index contributed by atoms with van der Waals surface area (Å²) in [6.45, 7) is 2.51. The molecule has 1 N–H and O–H groups in total. The second-order valence-electron chi connectivity index (χ2n) is 4.35. The molecule has 1 amide bonds. The number of hydrogen-bond acceptors (Lipinski definition) is 3. The molecule has 1 atom stereocenters. The van der Waals surface area contributed by atoms with Gasteiger partial charge in [0.15, 0.2) is 0 Å². The predicted molar refractivity (Wildman–Crippen MR) is 63.9 cm³/mol. The molecule has 1 aromatic rings. The number of carbonyl (C=O) groups excluding carboxylic acids is 1.